The van der Waals surface area contributed by atoms with Crippen LogP contribution in [0.4, 0.5) is 20.4 Å². The van der Waals surface area contributed by atoms with E-state index in [2.05, 4.69) is 51.1 Å². The summed E-state index contributed by atoms with van der Waals surface area (Å²) in [6.07, 6.45) is 3.40. The summed E-state index contributed by atoms with van der Waals surface area (Å²) < 4.78 is 30.0. The first-order valence-corrected chi connectivity index (χ1v) is 11.8. The Morgan fingerprint density at radius 1 is 1.26 bits per heavy atom. The molecule has 1 N–H and O–H groups in total. The fourth-order valence-corrected chi connectivity index (χ4v) is 4.16. The van der Waals surface area contributed by atoms with Gasteiger partial charge in [-0.05, 0) is 33.9 Å². The van der Waals surface area contributed by atoms with Crippen LogP contribution in [0.3, 0.4) is 0 Å². The lowest BCUT2D eigenvalue weighted by atomic mass is 10.0. The van der Waals surface area contributed by atoms with Crippen molar-refractivity contribution in [2.75, 3.05) is 37.4 Å². The first-order valence-electron chi connectivity index (χ1n) is 11.8. The Labute approximate surface area is 203 Å². The molecule has 9 nitrogen and oxygen atoms in total. The molecule has 0 radical (unpaired) electrons. The molecule has 1 saturated heterocycles. The minimum atomic E-state index is -3.20. The first kappa shape index (κ1) is 24.9. The van der Waals surface area contributed by atoms with Crippen LogP contribution in [-0.2, 0) is 17.1 Å². The maximum atomic E-state index is 14.2. The van der Waals surface area contributed by atoms with E-state index >= 15 is 0 Å². The number of hydrogen-bond acceptors (Lipinski definition) is 7. The van der Waals surface area contributed by atoms with Crippen molar-refractivity contribution in [2.45, 2.75) is 58.4 Å². The summed E-state index contributed by atoms with van der Waals surface area (Å²) in [5, 5.41) is 8.36. The number of likely N-dealkylation sites (N-methyl/N-ethyl adjacent to an activating group) is 1. The van der Waals surface area contributed by atoms with Crippen LogP contribution < -0.4 is 10.2 Å². The van der Waals surface area contributed by atoms with Crippen molar-refractivity contribution >= 4 is 28.4 Å². The second-order valence-corrected chi connectivity index (χ2v) is 9.57. The van der Waals surface area contributed by atoms with Gasteiger partial charge in [-0.2, -0.15) is 8.78 Å². The number of rotatable bonds is 7. The molecule has 1 atom stereocenters. The van der Waals surface area contributed by atoms with Gasteiger partial charge in [-0.1, -0.05) is 13.8 Å². The smallest absolute Gasteiger partial charge is 0.303 e. The molecule has 188 valence electrons. The zero-order chi connectivity index (χ0) is 25.5. The van der Waals surface area contributed by atoms with Crippen molar-refractivity contribution in [3.63, 3.8) is 0 Å². The van der Waals surface area contributed by atoms with Gasteiger partial charge in [-0.15, -0.1) is 5.10 Å². The molecule has 3 aromatic rings. The summed E-state index contributed by atoms with van der Waals surface area (Å²) in [5.74, 6) is -2.61. The molecule has 0 bridgehead atoms. The van der Waals surface area contributed by atoms with Crippen LogP contribution in [0, 0.1) is 0 Å². The fourth-order valence-electron chi connectivity index (χ4n) is 4.16. The lowest BCUT2D eigenvalue weighted by Crippen LogP contribution is -2.43. The van der Waals surface area contributed by atoms with Crippen molar-refractivity contribution < 1.29 is 13.6 Å². The van der Waals surface area contributed by atoms with E-state index in [9.17, 15) is 13.6 Å². The van der Waals surface area contributed by atoms with Crippen molar-refractivity contribution in [3.8, 4) is 5.82 Å². The summed E-state index contributed by atoms with van der Waals surface area (Å²) in [7, 11) is 4.12. The summed E-state index contributed by atoms with van der Waals surface area (Å²) in [6, 6.07) is 3.38. The number of aryl methyl sites for hydroxylation is 1. The maximum absolute atomic E-state index is 14.2. The maximum Gasteiger partial charge on any atom is 0.303 e. The predicted octanol–water partition coefficient (Wildman–Crippen LogP) is 3.76. The van der Waals surface area contributed by atoms with Crippen LogP contribution in [-0.4, -0.2) is 68.3 Å². The molecule has 11 heteroatoms. The van der Waals surface area contributed by atoms with E-state index in [0.717, 1.165) is 31.8 Å². The fraction of sp³-hybridized carbons (Fsp3) is 0.542. The number of carbonyl (C=O) groups is 1. The number of nitrogens with zero attached hydrogens (tertiary/aromatic N) is 7. The SMILES string of the molecule is CCC(=O)Nc1cc2c(cn1)c(N1CCC(C)(N(C)C)C1)nn2-c1cc(CC)nc(C(C)(F)F)n1. The van der Waals surface area contributed by atoms with Crippen molar-refractivity contribution in [1.29, 1.82) is 0 Å². The number of nitrogens with one attached hydrogen (secondary N) is 1. The van der Waals surface area contributed by atoms with Gasteiger partial charge in [0.1, 0.15) is 5.82 Å². The van der Waals surface area contributed by atoms with Gasteiger partial charge in [-0.3, -0.25) is 4.79 Å². The average molecular weight is 487 g/mol. The van der Waals surface area contributed by atoms with E-state index in [1.54, 1.807) is 29.9 Å². The predicted molar refractivity (Wildman–Crippen MR) is 131 cm³/mol. The number of carbonyl (C=O) groups excluding carboxylic acids is 1. The number of aromatic nitrogens is 5. The number of pyridine rings is 1. The third-order valence-corrected chi connectivity index (χ3v) is 6.70. The Morgan fingerprint density at radius 2 is 2.00 bits per heavy atom. The summed E-state index contributed by atoms with van der Waals surface area (Å²) in [6.45, 7) is 8.14. The molecule has 1 aliphatic heterocycles. The Bertz CT molecular complexity index is 1250. The van der Waals surface area contributed by atoms with E-state index < -0.39 is 11.7 Å². The van der Waals surface area contributed by atoms with E-state index in [-0.39, 0.29) is 17.3 Å². The van der Waals surface area contributed by atoms with Crippen LogP contribution >= 0.6 is 0 Å². The second-order valence-electron chi connectivity index (χ2n) is 9.57. The number of halogens is 2. The zero-order valence-corrected chi connectivity index (χ0v) is 21.1. The zero-order valence-electron chi connectivity index (χ0n) is 21.1. The van der Waals surface area contributed by atoms with Crippen LogP contribution in [0.5, 0.6) is 0 Å². The average Bonchev–Trinajstić information content (AvgIpc) is 3.39. The van der Waals surface area contributed by atoms with E-state index in [0.29, 0.717) is 35.7 Å². The molecule has 0 spiro atoms. The summed E-state index contributed by atoms with van der Waals surface area (Å²) >= 11 is 0. The Balaban J connectivity index is 1.89. The van der Waals surface area contributed by atoms with Crippen molar-refractivity contribution in [3.05, 3.63) is 29.8 Å². The molecule has 4 rings (SSSR count). The van der Waals surface area contributed by atoms with E-state index in [4.69, 9.17) is 5.10 Å². The number of alkyl halides is 2. The van der Waals surface area contributed by atoms with Gasteiger partial charge in [0.05, 0.1) is 10.9 Å². The monoisotopic (exact) mass is 486 g/mol. The number of hydrogen-bond donors (Lipinski definition) is 1. The van der Waals surface area contributed by atoms with Crippen LogP contribution in [0.2, 0.25) is 0 Å². The highest BCUT2D eigenvalue weighted by molar-refractivity contribution is 5.95. The van der Waals surface area contributed by atoms with E-state index in [1.165, 1.54) is 0 Å². The minimum Gasteiger partial charge on any atom is -0.353 e. The van der Waals surface area contributed by atoms with Gasteiger partial charge >= 0.3 is 5.92 Å². The Hall–Kier alpha value is -3.21. The van der Waals surface area contributed by atoms with Crippen molar-refractivity contribution in [2.24, 2.45) is 0 Å². The standard InChI is InChI=1S/C24H32F2N8O/c1-7-15-11-19(30-22(28-15)24(4,25)26)34-17-12-18(29-20(35)8-2)27-13-16(17)21(31-34)33-10-9-23(3,14-33)32(5)6/h11-13H,7-10,14H2,1-6H3,(H,27,29,35). The highest BCUT2D eigenvalue weighted by Crippen LogP contribution is 2.35. The van der Waals surface area contributed by atoms with Crippen molar-refractivity contribution in [1.82, 2.24) is 29.6 Å². The largest absolute Gasteiger partial charge is 0.353 e. The van der Waals surface area contributed by atoms with Crippen LogP contribution in [0.25, 0.3) is 16.7 Å². The number of fused-ring (bicyclic) bond motifs is 1. The Morgan fingerprint density at radius 3 is 2.60 bits per heavy atom. The third-order valence-electron chi connectivity index (χ3n) is 6.70. The van der Waals surface area contributed by atoms with Crippen LogP contribution in [0.1, 0.15) is 52.1 Å². The molecule has 1 fully saturated rings. The third kappa shape index (κ3) is 4.82. The topological polar surface area (TPSA) is 92.1 Å². The van der Waals surface area contributed by atoms with E-state index in [1.807, 2.05) is 6.92 Å². The van der Waals surface area contributed by atoms with Gasteiger partial charge in [0.2, 0.25) is 11.7 Å². The second kappa shape index (κ2) is 9.10. The first-order chi connectivity index (χ1) is 16.4. The molecule has 0 aromatic carbocycles. The molecule has 3 aromatic heterocycles. The number of anilines is 2. The molecule has 0 aliphatic carbocycles. The molecule has 1 aliphatic rings. The van der Waals surface area contributed by atoms with Crippen LogP contribution in [0.15, 0.2) is 18.3 Å². The minimum absolute atomic E-state index is 0.0275. The Kier molecular flexibility index (Phi) is 6.48. The van der Waals surface area contributed by atoms with Gasteiger partial charge in [-0.25, -0.2) is 19.6 Å². The van der Waals surface area contributed by atoms with Gasteiger partial charge in [0, 0.05) is 56.0 Å². The highest BCUT2D eigenvalue weighted by Gasteiger charge is 2.37. The lowest BCUT2D eigenvalue weighted by Gasteiger charge is -2.32. The molecule has 1 amide bonds. The molecular weight excluding hydrogens is 454 g/mol. The van der Waals surface area contributed by atoms with Gasteiger partial charge in [0.25, 0.3) is 0 Å². The highest BCUT2D eigenvalue weighted by atomic mass is 19.3. The number of amides is 1. The molecule has 35 heavy (non-hydrogen) atoms. The molecule has 4 heterocycles. The normalized spacial score (nSPS) is 18.6. The van der Waals surface area contributed by atoms with Gasteiger partial charge < -0.3 is 15.1 Å². The lowest BCUT2D eigenvalue weighted by molar-refractivity contribution is -0.115. The summed E-state index contributed by atoms with van der Waals surface area (Å²) in [4.78, 5) is 29.0. The molecular formula is C24H32F2N8O. The van der Waals surface area contributed by atoms with Gasteiger partial charge in [0.15, 0.2) is 11.6 Å². The quantitative estimate of drug-likeness (QED) is 0.544. The molecule has 0 saturated carbocycles. The molecule has 1 unspecified atom stereocenters. The summed E-state index contributed by atoms with van der Waals surface area (Å²) in [5.41, 5.74) is 1.08.